The summed E-state index contributed by atoms with van der Waals surface area (Å²) in [4.78, 5) is 16.0. The Morgan fingerprint density at radius 1 is 1.27 bits per heavy atom. The highest BCUT2D eigenvalue weighted by molar-refractivity contribution is 5.75. The van der Waals surface area contributed by atoms with Crippen LogP contribution < -0.4 is 5.32 Å². The lowest BCUT2D eigenvalue weighted by Crippen LogP contribution is -2.61. The largest absolute Gasteiger partial charge is 0.390 e. The molecule has 0 aromatic heterocycles. The van der Waals surface area contributed by atoms with Crippen LogP contribution in [-0.2, 0) is 6.54 Å². The number of benzene rings is 1. The fourth-order valence-electron chi connectivity index (χ4n) is 3.58. The molecular formula is C19H27F2N3O2. The number of nitrogens with one attached hydrogen (secondary N) is 1. The summed E-state index contributed by atoms with van der Waals surface area (Å²) in [6.07, 6.45) is 1.72. The van der Waals surface area contributed by atoms with Crippen LogP contribution in [0, 0.1) is 17.6 Å². The first-order valence-electron chi connectivity index (χ1n) is 9.17. The van der Waals surface area contributed by atoms with E-state index in [4.69, 9.17) is 0 Å². The number of carbonyl (C=O) groups is 1. The van der Waals surface area contributed by atoms with E-state index in [-0.39, 0.29) is 30.1 Å². The fourth-order valence-corrected chi connectivity index (χ4v) is 3.58. The fraction of sp³-hybridized carbons (Fsp3) is 0.632. The van der Waals surface area contributed by atoms with Crippen LogP contribution in [0.4, 0.5) is 13.6 Å². The molecule has 2 aliphatic heterocycles. The number of rotatable bonds is 4. The van der Waals surface area contributed by atoms with Crippen LogP contribution in [0.25, 0.3) is 0 Å². The van der Waals surface area contributed by atoms with Crippen LogP contribution in [0.5, 0.6) is 0 Å². The van der Waals surface area contributed by atoms with Gasteiger partial charge in [0.1, 0.15) is 11.6 Å². The molecule has 3 rings (SSSR count). The van der Waals surface area contributed by atoms with Gasteiger partial charge >= 0.3 is 6.03 Å². The molecule has 0 bridgehead atoms. The van der Waals surface area contributed by atoms with E-state index in [1.807, 2.05) is 4.90 Å². The molecule has 1 aromatic rings. The van der Waals surface area contributed by atoms with E-state index in [0.717, 1.165) is 19.4 Å². The van der Waals surface area contributed by atoms with Crippen LogP contribution in [0.2, 0.25) is 0 Å². The van der Waals surface area contributed by atoms with Crippen molar-refractivity contribution in [3.63, 3.8) is 0 Å². The Kier molecular flexibility index (Phi) is 5.48. The molecule has 1 aromatic carbocycles. The van der Waals surface area contributed by atoms with Crippen molar-refractivity contribution in [1.82, 2.24) is 15.1 Å². The topological polar surface area (TPSA) is 55.8 Å². The van der Waals surface area contributed by atoms with Crippen LogP contribution in [0.3, 0.4) is 0 Å². The number of hydrogen-bond donors (Lipinski definition) is 2. The number of carbonyl (C=O) groups excluding carboxylic acids is 1. The van der Waals surface area contributed by atoms with Gasteiger partial charge < -0.3 is 15.3 Å². The normalized spacial score (nSPS) is 22.2. The second-order valence-electron chi connectivity index (χ2n) is 7.98. The van der Waals surface area contributed by atoms with E-state index in [1.54, 1.807) is 18.7 Å². The minimum absolute atomic E-state index is 0.0349. The number of urea groups is 1. The average Bonchev–Trinajstić information content (AvgIpc) is 2.48. The molecule has 0 aliphatic carbocycles. The van der Waals surface area contributed by atoms with Crippen molar-refractivity contribution in [1.29, 1.82) is 0 Å². The second kappa shape index (κ2) is 7.48. The molecule has 1 atom stereocenters. The summed E-state index contributed by atoms with van der Waals surface area (Å²) in [7, 11) is 0. The Bertz CT molecular complexity index is 636. The molecule has 0 saturated carbocycles. The SMILES string of the molecule is CC(C)(O)C1CN(C(=O)NC2CCCN(Cc3c(F)cccc3F)C2)C1. The Hall–Kier alpha value is -1.73. The van der Waals surface area contributed by atoms with E-state index >= 15 is 0 Å². The maximum Gasteiger partial charge on any atom is 0.317 e. The Balaban J connectivity index is 1.51. The number of halogens is 2. The van der Waals surface area contributed by atoms with E-state index < -0.39 is 17.2 Å². The smallest absolute Gasteiger partial charge is 0.317 e. The van der Waals surface area contributed by atoms with E-state index in [9.17, 15) is 18.7 Å². The average molecular weight is 367 g/mol. The molecular weight excluding hydrogens is 340 g/mol. The third-order valence-corrected chi connectivity index (χ3v) is 5.44. The molecule has 0 spiro atoms. The number of piperidine rings is 1. The minimum Gasteiger partial charge on any atom is -0.390 e. The van der Waals surface area contributed by atoms with Crippen LogP contribution in [0.15, 0.2) is 18.2 Å². The molecule has 2 fully saturated rings. The maximum absolute atomic E-state index is 13.8. The lowest BCUT2D eigenvalue weighted by Gasteiger charge is -2.45. The van der Waals surface area contributed by atoms with Gasteiger partial charge in [0.25, 0.3) is 0 Å². The van der Waals surface area contributed by atoms with Crippen molar-refractivity contribution in [2.24, 2.45) is 5.92 Å². The van der Waals surface area contributed by atoms with Crippen molar-refractivity contribution >= 4 is 6.03 Å². The first-order valence-corrected chi connectivity index (χ1v) is 9.17. The molecule has 0 radical (unpaired) electrons. The maximum atomic E-state index is 13.8. The van der Waals surface area contributed by atoms with Gasteiger partial charge in [-0.2, -0.15) is 0 Å². The number of amides is 2. The zero-order chi connectivity index (χ0) is 18.9. The minimum atomic E-state index is -0.776. The lowest BCUT2D eigenvalue weighted by atomic mass is 9.85. The van der Waals surface area contributed by atoms with Gasteiger partial charge in [0.2, 0.25) is 0 Å². The molecule has 2 amide bonds. The molecule has 1 unspecified atom stereocenters. The Morgan fingerprint density at radius 2 is 1.92 bits per heavy atom. The van der Waals surface area contributed by atoms with Crippen LogP contribution in [-0.4, -0.2) is 58.8 Å². The summed E-state index contributed by atoms with van der Waals surface area (Å²) in [6, 6.07) is 3.73. The zero-order valence-electron chi connectivity index (χ0n) is 15.3. The van der Waals surface area contributed by atoms with Gasteiger partial charge in [-0.05, 0) is 45.4 Å². The summed E-state index contributed by atoms with van der Waals surface area (Å²) in [5.41, 5.74) is -0.697. The predicted molar refractivity (Wildman–Crippen MR) is 94.5 cm³/mol. The summed E-state index contributed by atoms with van der Waals surface area (Å²) in [6.45, 7) is 6.14. The monoisotopic (exact) mass is 367 g/mol. The molecule has 144 valence electrons. The number of hydrogen-bond acceptors (Lipinski definition) is 3. The van der Waals surface area contributed by atoms with Crippen molar-refractivity contribution in [2.75, 3.05) is 26.2 Å². The van der Waals surface area contributed by atoms with Crippen LogP contribution in [0.1, 0.15) is 32.3 Å². The van der Waals surface area contributed by atoms with Gasteiger partial charge in [-0.25, -0.2) is 13.6 Å². The number of aliphatic hydroxyl groups is 1. The van der Waals surface area contributed by atoms with Gasteiger partial charge in [-0.1, -0.05) is 6.07 Å². The molecule has 5 nitrogen and oxygen atoms in total. The number of nitrogens with zero attached hydrogens (tertiary/aromatic N) is 2. The summed E-state index contributed by atoms with van der Waals surface area (Å²) in [5.74, 6) is -0.969. The number of likely N-dealkylation sites (tertiary alicyclic amines) is 2. The van der Waals surface area contributed by atoms with E-state index in [1.165, 1.54) is 18.2 Å². The highest BCUT2D eigenvalue weighted by Crippen LogP contribution is 2.27. The second-order valence-corrected chi connectivity index (χ2v) is 7.98. The molecule has 2 aliphatic rings. The summed E-state index contributed by atoms with van der Waals surface area (Å²) >= 11 is 0. The van der Waals surface area contributed by atoms with Gasteiger partial charge in [-0.15, -0.1) is 0 Å². The first kappa shape index (κ1) is 19.0. The standard InChI is InChI=1S/C19H27F2N3O2/c1-19(2,26)13-9-24(10-13)18(25)22-14-5-4-8-23(11-14)12-15-16(20)6-3-7-17(15)21/h3,6-7,13-14,26H,4-5,8-12H2,1-2H3,(H,22,25). The Labute approximate surface area is 153 Å². The molecule has 2 heterocycles. The highest BCUT2D eigenvalue weighted by atomic mass is 19.1. The summed E-state index contributed by atoms with van der Waals surface area (Å²) in [5, 5.41) is 13.0. The quantitative estimate of drug-likeness (QED) is 0.859. The van der Waals surface area contributed by atoms with Gasteiger partial charge in [0.15, 0.2) is 0 Å². The van der Waals surface area contributed by atoms with Crippen molar-refractivity contribution in [3.8, 4) is 0 Å². The van der Waals surface area contributed by atoms with Crippen molar-refractivity contribution in [2.45, 2.75) is 44.9 Å². The van der Waals surface area contributed by atoms with Crippen molar-refractivity contribution < 1.29 is 18.7 Å². The summed E-state index contributed by atoms with van der Waals surface area (Å²) < 4.78 is 27.7. The zero-order valence-corrected chi connectivity index (χ0v) is 15.3. The molecule has 7 heteroatoms. The van der Waals surface area contributed by atoms with Gasteiger partial charge in [-0.3, -0.25) is 4.90 Å². The Morgan fingerprint density at radius 3 is 2.54 bits per heavy atom. The molecule has 2 N–H and O–H groups in total. The van der Waals surface area contributed by atoms with E-state index in [0.29, 0.717) is 19.6 Å². The van der Waals surface area contributed by atoms with Gasteiger partial charge in [0.05, 0.1) is 5.60 Å². The molecule has 26 heavy (non-hydrogen) atoms. The molecule has 2 saturated heterocycles. The lowest BCUT2D eigenvalue weighted by molar-refractivity contribution is -0.0462. The predicted octanol–water partition coefficient (Wildman–Crippen LogP) is 2.34. The third-order valence-electron chi connectivity index (χ3n) is 5.44. The third kappa shape index (κ3) is 4.32. The van der Waals surface area contributed by atoms with Crippen LogP contribution >= 0.6 is 0 Å². The first-order chi connectivity index (χ1) is 12.2. The van der Waals surface area contributed by atoms with E-state index in [2.05, 4.69) is 5.32 Å². The van der Waals surface area contributed by atoms with Crippen molar-refractivity contribution in [3.05, 3.63) is 35.4 Å². The highest BCUT2D eigenvalue weighted by Gasteiger charge is 2.40. The van der Waals surface area contributed by atoms with Gasteiger partial charge in [0, 0.05) is 43.7 Å².